The van der Waals surface area contributed by atoms with Gasteiger partial charge in [-0.2, -0.15) is 0 Å². The Labute approximate surface area is 182 Å². The Hall–Kier alpha value is -3.41. The summed E-state index contributed by atoms with van der Waals surface area (Å²) in [6.45, 7) is 3.44. The molecule has 6 nitrogen and oxygen atoms in total. The van der Waals surface area contributed by atoms with E-state index in [1.165, 1.54) is 0 Å². The van der Waals surface area contributed by atoms with Gasteiger partial charge in [0.25, 0.3) is 0 Å². The van der Waals surface area contributed by atoms with E-state index in [2.05, 4.69) is 5.32 Å². The molecule has 0 saturated carbocycles. The first-order chi connectivity index (χ1) is 15.1. The van der Waals surface area contributed by atoms with E-state index < -0.39 is 0 Å². The maximum atomic E-state index is 12.6. The molecule has 162 valence electrons. The van der Waals surface area contributed by atoms with Crippen LogP contribution in [0.5, 0.6) is 0 Å². The molecule has 1 N–H and O–H groups in total. The smallest absolute Gasteiger partial charge is 0.338 e. The minimum atomic E-state index is -0.363. The zero-order valence-electron chi connectivity index (χ0n) is 17.8. The summed E-state index contributed by atoms with van der Waals surface area (Å²) < 4.78 is 5.10. The molecule has 0 radical (unpaired) electrons. The van der Waals surface area contributed by atoms with Crippen LogP contribution >= 0.6 is 0 Å². The summed E-state index contributed by atoms with van der Waals surface area (Å²) in [5.41, 5.74) is 2.08. The molecule has 1 heterocycles. The minimum absolute atomic E-state index is 0.0340. The van der Waals surface area contributed by atoms with E-state index >= 15 is 0 Å². The number of piperidine rings is 1. The van der Waals surface area contributed by atoms with E-state index in [9.17, 15) is 14.4 Å². The highest BCUT2D eigenvalue weighted by molar-refractivity contribution is 5.95. The number of carbonyl (C=O) groups excluding carboxylic acids is 3. The third-order valence-corrected chi connectivity index (χ3v) is 5.22. The van der Waals surface area contributed by atoms with Crippen LogP contribution in [0.3, 0.4) is 0 Å². The number of carbonyl (C=O) groups is 3. The highest BCUT2D eigenvalue weighted by Gasteiger charge is 2.26. The summed E-state index contributed by atoms with van der Waals surface area (Å²) in [6.07, 6.45) is 5.41. The fourth-order valence-electron chi connectivity index (χ4n) is 3.41. The van der Waals surface area contributed by atoms with Crippen LogP contribution in [0.2, 0.25) is 0 Å². The fraction of sp³-hybridized carbons (Fsp3) is 0.320. The second-order valence-electron chi connectivity index (χ2n) is 7.55. The first-order valence-electron chi connectivity index (χ1n) is 10.7. The van der Waals surface area contributed by atoms with Crippen molar-refractivity contribution in [2.45, 2.75) is 26.2 Å². The molecular formula is C25H28N2O4. The van der Waals surface area contributed by atoms with Gasteiger partial charge in [0, 0.05) is 30.8 Å². The number of amides is 2. The van der Waals surface area contributed by atoms with Crippen molar-refractivity contribution in [1.29, 1.82) is 0 Å². The molecule has 3 rings (SSSR count). The van der Waals surface area contributed by atoms with Crippen LogP contribution in [-0.2, 0) is 14.3 Å². The maximum Gasteiger partial charge on any atom is 0.338 e. The summed E-state index contributed by atoms with van der Waals surface area (Å²) in [4.78, 5) is 38.6. The van der Waals surface area contributed by atoms with Gasteiger partial charge >= 0.3 is 5.97 Å². The molecule has 31 heavy (non-hydrogen) atoms. The molecule has 0 aromatic heterocycles. The Morgan fingerprint density at radius 2 is 1.71 bits per heavy atom. The number of benzene rings is 2. The lowest BCUT2D eigenvalue weighted by atomic mass is 9.95. The second kappa shape index (κ2) is 11.1. The first-order valence-corrected chi connectivity index (χ1v) is 10.7. The number of rotatable bonds is 7. The van der Waals surface area contributed by atoms with Gasteiger partial charge in [0.1, 0.15) is 0 Å². The largest absolute Gasteiger partial charge is 0.462 e. The standard InChI is InChI=1S/C25H28N2O4/c1-2-18-31-25(30)21-9-11-22(12-10-21)26-24(29)20-14-16-27(17-15-20)23(28)13-8-19-6-4-3-5-7-19/h3-13,20H,2,14-18H2,1H3,(H,26,29)/b13-8+. The van der Waals surface area contributed by atoms with Gasteiger partial charge in [-0.25, -0.2) is 4.79 Å². The molecule has 6 heteroatoms. The van der Waals surface area contributed by atoms with Crippen molar-refractivity contribution in [3.63, 3.8) is 0 Å². The molecule has 1 aliphatic heterocycles. The Balaban J connectivity index is 1.46. The lowest BCUT2D eigenvalue weighted by molar-refractivity contribution is -0.130. The SMILES string of the molecule is CCCOC(=O)c1ccc(NC(=O)C2CCN(C(=O)/C=C/c3ccccc3)CC2)cc1. The molecule has 2 aromatic carbocycles. The topological polar surface area (TPSA) is 75.7 Å². The molecule has 0 atom stereocenters. The van der Waals surface area contributed by atoms with Crippen molar-refractivity contribution in [2.24, 2.45) is 5.92 Å². The lowest BCUT2D eigenvalue weighted by Crippen LogP contribution is -2.40. The van der Waals surface area contributed by atoms with Crippen LogP contribution in [0, 0.1) is 5.92 Å². The molecule has 2 aromatic rings. The van der Waals surface area contributed by atoms with Gasteiger partial charge in [-0.15, -0.1) is 0 Å². The molecule has 1 aliphatic rings. The molecule has 0 unspecified atom stereocenters. The van der Waals surface area contributed by atoms with Gasteiger partial charge in [-0.3, -0.25) is 9.59 Å². The van der Waals surface area contributed by atoms with E-state index in [0.29, 0.717) is 43.8 Å². The third-order valence-electron chi connectivity index (χ3n) is 5.22. The quantitative estimate of drug-likeness (QED) is 0.539. The molecule has 0 spiro atoms. The van der Waals surface area contributed by atoms with Crippen LogP contribution < -0.4 is 5.32 Å². The van der Waals surface area contributed by atoms with Crippen LogP contribution in [0.1, 0.15) is 42.1 Å². The Bertz CT molecular complexity index is 914. The van der Waals surface area contributed by atoms with Gasteiger partial charge in [0.05, 0.1) is 12.2 Å². The van der Waals surface area contributed by atoms with Crippen LogP contribution in [0.4, 0.5) is 5.69 Å². The van der Waals surface area contributed by atoms with E-state index in [4.69, 9.17) is 4.74 Å². The maximum absolute atomic E-state index is 12.6. The number of hydrogen-bond donors (Lipinski definition) is 1. The number of hydrogen-bond acceptors (Lipinski definition) is 4. The van der Waals surface area contributed by atoms with E-state index in [0.717, 1.165) is 12.0 Å². The summed E-state index contributed by atoms with van der Waals surface area (Å²) in [7, 11) is 0. The highest BCUT2D eigenvalue weighted by Crippen LogP contribution is 2.20. The Morgan fingerprint density at radius 3 is 2.35 bits per heavy atom. The summed E-state index contributed by atoms with van der Waals surface area (Å²) >= 11 is 0. The lowest BCUT2D eigenvalue weighted by Gasteiger charge is -2.30. The first kappa shape index (κ1) is 22.3. The molecule has 1 fully saturated rings. The van der Waals surface area contributed by atoms with Crippen molar-refractivity contribution < 1.29 is 19.1 Å². The summed E-state index contributed by atoms with van der Waals surface area (Å²) in [5, 5.41) is 2.90. The zero-order valence-corrected chi connectivity index (χ0v) is 17.8. The molecule has 0 aliphatic carbocycles. The molecule has 2 amide bonds. The van der Waals surface area contributed by atoms with Crippen LogP contribution in [0.15, 0.2) is 60.7 Å². The van der Waals surface area contributed by atoms with Crippen LogP contribution in [0.25, 0.3) is 6.08 Å². The third kappa shape index (κ3) is 6.54. The Kier molecular flexibility index (Phi) is 7.98. The predicted molar refractivity (Wildman–Crippen MR) is 120 cm³/mol. The summed E-state index contributed by atoms with van der Waals surface area (Å²) in [6, 6.07) is 16.4. The predicted octanol–water partition coefficient (Wildman–Crippen LogP) is 4.14. The van der Waals surface area contributed by atoms with Crippen molar-refractivity contribution in [3.8, 4) is 0 Å². The van der Waals surface area contributed by atoms with Crippen molar-refractivity contribution in [1.82, 2.24) is 4.90 Å². The fourth-order valence-corrected chi connectivity index (χ4v) is 3.41. The monoisotopic (exact) mass is 420 g/mol. The normalized spacial score (nSPS) is 14.4. The molecular weight excluding hydrogens is 392 g/mol. The summed E-state index contributed by atoms with van der Waals surface area (Å²) in [5.74, 6) is -0.601. The van der Waals surface area contributed by atoms with E-state index in [1.54, 1.807) is 35.2 Å². The zero-order chi connectivity index (χ0) is 22.1. The van der Waals surface area contributed by atoms with Crippen LogP contribution in [-0.4, -0.2) is 42.4 Å². The average Bonchev–Trinajstić information content (AvgIpc) is 2.82. The van der Waals surface area contributed by atoms with Crippen molar-refractivity contribution in [2.75, 3.05) is 25.0 Å². The minimum Gasteiger partial charge on any atom is -0.462 e. The number of ether oxygens (including phenoxy) is 1. The van der Waals surface area contributed by atoms with E-state index in [1.807, 2.05) is 43.3 Å². The number of anilines is 1. The number of likely N-dealkylation sites (tertiary alicyclic amines) is 1. The Morgan fingerprint density at radius 1 is 1.03 bits per heavy atom. The van der Waals surface area contributed by atoms with Gasteiger partial charge in [0.2, 0.25) is 11.8 Å². The number of esters is 1. The van der Waals surface area contributed by atoms with Gasteiger partial charge < -0.3 is 15.0 Å². The van der Waals surface area contributed by atoms with Gasteiger partial charge in [0.15, 0.2) is 0 Å². The van der Waals surface area contributed by atoms with E-state index in [-0.39, 0.29) is 23.7 Å². The average molecular weight is 421 g/mol. The van der Waals surface area contributed by atoms with Gasteiger partial charge in [-0.1, -0.05) is 37.3 Å². The number of nitrogens with one attached hydrogen (secondary N) is 1. The van der Waals surface area contributed by atoms with Gasteiger partial charge in [-0.05, 0) is 55.2 Å². The molecule has 0 bridgehead atoms. The second-order valence-corrected chi connectivity index (χ2v) is 7.55. The number of nitrogens with zero attached hydrogens (tertiary/aromatic N) is 1. The molecule has 1 saturated heterocycles. The van der Waals surface area contributed by atoms with Crippen molar-refractivity contribution in [3.05, 3.63) is 71.8 Å². The van der Waals surface area contributed by atoms with Crippen molar-refractivity contribution >= 4 is 29.5 Å². The highest BCUT2D eigenvalue weighted by atomic mass is 16.5.